The number of alkyl halides is 6. The Balaban J connectivity index is 3.24. The van der Waals surface area contributed by atoms with E-state index in [1.807, 2.05) is 0 Å². The Kier molecular flexibility index (Phi) is 4.05. The maximum atomic E-state index is 13.4. The number of hydrogen-bond donors (Lipinski definition) is 0. The smallest absolute Gasteiger partial charge is 0.235 e. The number of rotatable bonds is 2. The monoisotopic (exact) mass is 334 g/mol. The predicted octanol–water partition coefficient (Wildman–Crippen LogP) is 5.27. The van der Waals surface area contributed by atoms with Crippen LogP contribution in [0.3, 0.4) is 0 Å². The standard InChI is InChI=1S/C11H9BrF6/c1-5-3-7(4-6(2)8(5)12)9(13)10(14,15)11(16,17)18/h3-4,9H,1-2H3. The molecule has 7 heteroatoms. The van der Waals surface area contributed by atoms with E-state index in [1.165, 1.54) is 13.8 Å². The molecule has 0 heterocycles. The van der Waals surface area contributed by atoms with Crippen LogP contribution in [0.15, 0.2) is 16.6 Å². The van der Waals surface area contributed by atoms with Crippen molar-refractivity contribution >= 4 is 15.9 Å². The molecule has 0 saturated heterocycles. The van der Waals surface area contributed by atoms with Crippen LogP contribution >= 0.6 is 15.9 Å². The van der Waals surface area contributed by atoms with E-state index in [0.29, 0.717) is 15.6 Å². The predicted molar refractivity (Wildman–Crippen MR) is 58.5 cm³/mol. The Labute approximate surface area is 108 Å². The molecule has 18 heavy (non-hydrogen) atoms. The van der Waals surface area contributed by atoms with Crippen LogP contribution in [0.2, 0.25) is 0 Å². The summed E-state index contributed by atoms with van der Waals surface area (Å²) in [6.07, 6.45) is -9.33. The van der Waals surface area contributed by atoms with Crippen LogP contribution < -0.4 is 0 Å². The molecule has 1 rings (SSSR count). The molecule has 0 nitrogen and oxygen atoms in total. The highest BCUT2D eigenvalue weighted by Gasteiger charge is 2.63. The minimum absolute atomic E-state index is 0.394. The van der Waals surface area contributed by atoms with E-state index < -0.39 is 23.8 Å². The highest BCUT2D eigenvalue weighted by atomic mass is 79.9. The van der Waals surface area contributed by atoms with Crippen molar-refractivity contribution in [2.24, 2.45) is 0 Å². The second kappa shape index (κ2) is 4.75. The van der Waals surface area contributed by atoms with Crippen molar-refractivity contribution in [1.29, 1.82) is 0 Å². The van der Waals surface area contributed by atoms with Crippen LogP contribution in [0.4, 0.5) is 26.3 Å². The minimum atomic E-state index is -5.92. The third-order valence-electron chi connectivity index (χ3n) is 2.45. The van der Waals surface area contributed by atoms with Gasteiger partial charge in [0.05, 0.1) is 0 Å². The molecule has 1 aromatic rings. The van der Waals surface area contributed by atoms with Crippen molar-refractivity contribution in [2.45, 2.75) is 32.1 Å². The zero-order chi connectivity index (χ0) is 14.3. The highest BCUT2D eigenvalue weighted by molar-refractivity contribution is 9.10. The van der Waals surface area contributed by atoms with Gasteiger partial charge in [0.25, 0.3) is 0 Å². The van der Waals surface area contributed by atoms with Crippen molar-refractivity contribution in [2.75, 3.05) is 0 Å². The van der Waals surface area contributed by atoms with Gasteiger partial charge in [-0.3, -0.25) is 0 Å². The van der Waals surface area contributed by atoms with Crippen LogP contribution in [-0.2, 0) is 0 Å². The van der Waals surface area contributed by atoms with Gasteiger partial charge in [0.15, 0.2) is 6.17 Å². The Morgan fingerprint density at radius 2 is 1.39 bits per heavy atom. The molecule has 1 atom stereocenters. The number of benzene rings is 1. The van der Waals surface area contributed by atoms with Crippen molar-refractivity contribution in [3.63, 3.8) is 0 Å². The van der Waals surface area contributed by atoms with E-state index in [-0.39, 0.29) is 0 Å². The molecule has 1 aromatic carbocycles. The first-order valence-electron chi connectivity index (χ1n) is 4.83. The third kappa shape index (κ3) is 2.65. The van der Waals surface area contributed by atoms with Gasteiger partial charge in [-0.1, -0.05) is 28.1 Å². The maximum Gasteiger partial charge on any atom is 0.456 e. The van der Waals surface area contributed by atoms with E-state index in [1.54, 1.807) is 0 Å². The molecule has 0 aromatic heterocycles. The summed E-state index contributed by atoms with van der Waals surface area (Å²) in [4.78, 5) is 0. The van der Waals surface area contributed by atoms with E-state index in [4.69, 9.17) is 0 Å². The van der Waals surface area contributed by atoms with Crippen molar-refractivity contribution < 1.29 is 26.3 Å². The lowest BCUT2D eigenvalue weighted by Crippen LogP contribution is -2.40. The minimum Gasteiger partial charge on any atom is -0.235 e. The molecule has 0 bridgehead atoms. The lowest BCUT2D eigenvalue weighted by Gasteiger charge is -2.24. The normalized spacial score (nSPS) is 14.7. The molecule has 0 aliphatic heterocycles. The molecule has 102 valence electrons. The van der Waals surface area contributed by atoms with E-state index in [9.17, 15) is 26.3 Å². The van der Waals surface area contributed by atoms with Gasteiger partial charge < -0.3 is 0 Å². The Morgan fingerprint density at radius 1 is 1.00 bits per heavy atom. The molecule has 0 aliphatic carbocycles. The third-order valence-corrected chi connectivity index (χ3v) is 3.70. The summed E-state index contributed by atoms with van der Waals surface area (Å²) in [6.45, 7) is 2.97. The van der Waals surface area contributed by atoms with Crippen molar-refractivity contribution in [1.82, 2.24) is 0 Å². The summed E-state index contributed by atoms with van der Waals surface area (Å²) in [5.41, 5.74) is 0.103. The molecule has 0 N–H and O–H groups in total. The SMILES string of the molecule is Cc1cc(C(F)C(F)(F)C(F)(F)F)cc(C)c1Br. The first kappa shape index (κ1) is 15.3. The quantitative estimate of drug-likeness (QED) is 0.646. The molecule has 0 amide bonds. The average Bonchev–Trinajstić information content (AvgIpc) is 2.22. The summed E-state index contributed by atoms with van der Waals surface area (Å²) in [6, 6.07) is 1.95. The maximum absolute atomic E-state index is 13.4. The number of halogens is 7. The first-order chi connectivity index (χ1) is 7.98. The Morgan fingerprint density at radius 3 is 1.72 bits per heavy atom. The second-order valence-corrected chi connectivity index (χ2v) is 4.74. The zero-order valence-electron chi connectivity index (χ0n) is 9.38. The fourth-order valence-corrected chi connectivity index (χ4v) is 1.71. The van der Waals surface area contributed by atoms with Crippen LogP contribution in [0.5, 0.6) is 0 Å². The zero-order valence-corrected chi connectivity index (χ0v) is 11.0. The molecule has 0 aliphatic rings. The summed E-state index contributed by atoms with van der Waals surface area (Å²) in [7, 11) is 0. The van der Waals surface area contributed by atoms with Gasteiger partial charge in [-0.25, -0.2) is 4.39 Å². The molecule has 0 spiro atoms. The van der Waals surface area contributed by atoms with E-state index >= 15 is 0 Å². The Hall–Kier alpha value is -0.720. The van der Waals surface area contributed by atoms with Gasteiger partial charge in [-0.15, -0.1) is 0 Å². The fourth-order valence-electron chi connectivity index (χ4n) is 1.48. The number of hydrogen-bond acceptors (Lipinski definition) is 0. The van der Waals surface area contributed by atoms with Gasteiger partial charge >= 0.3 is 12.1 Å². The van der Waals surface area contributed by atoms with Crippen LogP contribution in [0, 0.1) is 13.8 Å². The second-order valence-electron chi connectivity index (χ2n) is 3.95. The lowest BCUT2D eigenvalue weighted by atomic mass is 10.00. The van der Waals surface area contributed by atoms with Crippen LogP contribution in [0.1, 0.15) is 22.9 Å². The van der Waals surface area contributed by atoms with Crippen LogP contribution in [0.25, 0.3) is 0 Å². The molecule has 0 saturated carbocycles. The highest BCUT2D eigenvalue weighted by Crippen LogP contribution is 2.47. The van der Waals surface area contributed by atoms with E-state index in [2.05, 4.69) is 15.9 Å². The van der Waals surface area contributed by atoms with Gasteiger partial charge in [0, 0.05) is 4.47 Å². The Bertz CT molecular complexity index is 428. The largest absolute Gasteiger partial charge is 0.456 e. The van der Waals surface area contributed by atoms with E-state index in [0.717, 1.165) is 12.1 Å². The van der Waals surface area contributed by atoms with Crippen LogP contribution in [-0.4, -0.2) is 12.1 Å². The summed E-state index contributed by atoms with van der Waals surface area (Å²) in [5.74, 6) is -5.40. The topological polar surface area (TPSA) is 0 Å². The lowest BCUT2D eigenvalue weighted by molar-refractivity contribution is -0.305. The van der Waals surface area contributed by atoms with Crippen molar-refractivity contribution in [3.05, 3.63) is 33.3 Å². The summed E-state index contributed by atoms with van der Waals surface area (Å²) in [5, 5.41) is 0. The van der Waals surface area contributed by atoms with Gasteiger partial charge in [0.1, 0.15) is 0 Å². The first-order valence-corrected chi connectivity index (χ1v) is 5.63. The summed E-state index contributed by atoms with van der Waals surface area (Å²) >= 11 is 3.12. The average molecular weight is 335 g/mol. The molecular weight excluding hydrogens is 326 g/mol. The molecular formula is C11H9BrF6. The van der Waals surface area contributed by atoms with Crippen molar-refractivity contribution in [3.8, 4) is 0 Å². The molecule has 1 unspecified atom stereocenters. The molecule has 0 radical (unpaired) electrons. The summed E-state index contributed by atoms with van der Waals surface area (Å²) < 4.78 is 75.8. The van der Waals surface area contributed by atoms with Gasteiger partial charge in [-0.2, -0.15) is 22.0 Å². The number of aryl methyl sites for hydroxylation is 2. The van der Waals surface area contributed by atoms with Gasteiger partial charge in [-0.05, 0) is 30.5 Å². The fraction of sp³-hybridized carbons (Fsp3) is 0.455. The van der Waals surface area contributed by atoms with Gasteiger partial charge in [0.2, 0.25) is 0 Å². The molecule has 0 fully saturated rings.